The van der Waals surface area contributed by atoms with E-state index in [0.717, 1.165) is 6.07 Å². The van der Waals surface area contributed by atoms with Gasteiger partial charge in [-0.1, -0.05) is 0 Å². The average molecular weight is 245 g/mol. The molecule has 17 heavy (non-hydrogen) atoms. The zero-order valence-corrected chi connectivity index (χ0v) is 9.24. The number of esters is 1. The second kappa shape index (κ2) is 5.53. The molecule has 0 bridgehead atoms. The van der Waals surface area contributed by atoms with E-state index in [0.29, 0.717) is 0 Å². The fourth-order valence-corrected chi connectivity index (χ4v) is 1.35. The number of anilines is 1. The second-order valence-electron chi connectivity index (χ2n) is 3.18. The Morgan fingerprint density at radius 1 is 1.59 bits per heavy atom. The van der Waals surface area contributed by atoms with Crippen LogP contribution in [0.15, 0.2) is 6.07 Å². The predicted octanol–water partition coefficient (Wildman–Crippen LogP) is 1.24. The summed E-state index contributed by atoms with van der Waals surface area (Å²) in [5.74, 6) is -0.713. The number of hydrogen-bond donors (Lipinski definition) is 2. The number of carbonyl (C=O) groups excluding carboxylic acids is 1. The van der Waals surface area contributed by atoms with Gasteiger partial charge in [0.05, 0.1) is 17.9 Å². The maximum absolute atomic E-state index is 12.7. The molecule has 0 aliphatic carbocycles. The smallest absolute Gasteiger partial charge is 0.356 e. The molecule has 0 fully saturated rings. The highest BCUT2D eigenvalue weighted by molar-refractivity contribution is 5.88. The van der Waals surface area contributed by atoms with Crippen LogP contribution < -0.4 is 11.5 Å². The highest BCUT2D eigenvalue weighted by Gasteiger charge is 2.21. The molecule has 7 heteroatoms. The Morgan fingerprint density at radius 2 is 2.24 bits per heavy atom. The topological polar surface area (TPSA) is 91.2 Å². The van der Waals surface area contributed by atoms with Crippen LogP contribution in [0.25, 0.3) is 0 Å². The van der Waals surface area contributed by atoms with Crippen molar-refractivity contribution in [2.24, 2.45) is 5.73 Å². The van der Waals surface area contributed by atoms with Gasteiger partial charge in [-0.15, -0.1) is 0 Å². The lowest BCUT2D eigenvalue weighted by atomic mass is 10.1. The molecule has 0 aliphatic heterocycles. The third kappa shape index (κ3) is 2.88. The molecule has 0 radical (unpaired) electrons. The van der Waals surface area contributed by atoms with Crippen LogP contribution in [-0.4, -0.2) is 17.6 Å². The highest BCUT2D eigenvalue weighted by Crippen LogP contribution is 2.28. The standard InChI is InChI=1S/C10H13F2N3O2/c1-2-17-10(16)6-3-5(14)8(9(11)12)7(4-13)15-6/h3,9H,2,4,13H2,1H3,(H2,14,15). The van der Waals surface area contributed by atoms with Crippen molar-refractivity contribution in [1.29, 1.82) is 0 Å². The van der Waals surface area contributed by atoms with Crippen molar-refractivity contribution < 1.29 is 18.3 Å². The molecule has 0 amide bonds. The Labute approximate surface area is 96.8 Å². The van der Waals surface area contributed by atoms with Crippen LogP contribution in [-0.2, 0) is 11.3 Å². The average Bonchev–Trinajstić information content (AvgIpc) is 2.27. The summed E-state index contributed by atoms with van der Waals surface area (Å²) in [5.41, 5.74) is 9.90. The van der Waals surface area contributed by atoms with Gasteiger partial charge >= 0.3 is 5.97 Å². The zero-order chi connectivity index (χ0) is 13.0. The fourth-order valence-electron chi connectivity index (χ4n) is 1.35. The van der Waals surface area contributed by atoms with Crippen LogP contribution in [0.1, 0.15) is 35.1 Å². The molecule has 0 spiro atoms. The molecule has 1 heterocycles. The molecular weight excluding hydrogens is 232 g/mol. The molecular formula is C10H13F2N3O2. The van der Waals surface area contributed by atoms with E-state index in [4.69, 9.17) is 16.2 Å². The van der Waals surface area contributed by atoms with Crippen molar-refractivity contribution in [2.75, 3.05) is 12.3 Å². The molecule has 94 valence electrons. The lowest BCUT2D eigenvalue weighted by molar-refractivity contribution is 0.0518. The fraction of sp³-hybridized carbons (Fsp3) is 0.400. The number of ether oxygens (including phenoxy) is 1. The normalized spacial score (nSPS) is 10.6. The minimum atomic E-state index is -2.78. The first-order valence-corrected chi connectivity index (χ1v) is 4.95. The number of pyridine rings is 1. The summed E-state index contributed by atoms with van der Waals surface area (Å²) < 4.78 is 30.0. The SMILES string of the molecule is CCOC(=O)c1cc(N)c(C(F)F)c(CN)n1. The van der Waals surface area contributed by atoms with Gasteiger partial charge in [-0.05, 0) is 13.0 Å². The third-order valence-corrected chi connectivity index (χ3v) is 2.07. The molecule has 0 saturated heterocycles. The van der Waals surface area contributed by atoms with Gasteiger partial charge in [0.15, 0.2) is 5.69 Å². The van der Waals surface area contributed by atoms with Crippen molar-refractivity contribution in [3.8, 4) is 0 Å². The Morgan fingerprint density at radius 3 is 2.71 bits per heavy atom. The largest absolute Gasteiger partial charge is 0.461 e. The number of hydrogen-bond acceptors (Lipinski definition) is 5. The highest BCUT2D eigenvalue weighted by atomic mass is 19.3. The summed E-state index contributed by atoms with van der Waals surface area (Å²) in [6, 6.07) is 1.07. The zero-order valence-electron chi connectivity index (χ0n) is 9.24. The van der Waals surface area contributed by atoms with Gasteiger partial charge in [0, 0.05) is 12.2 Å². The summed E-state index contributed by atoms with van der Waals surface area (Å²) in [6.07, 6.45) is -2.78. The molecule has 5 nitrogen and oxygen atoms in total. The summed E-state index contributed by atoms with van der Waals surface area (Å²) in [7, 11) is 0. The first-order chi connectivity index (χ1) is 8.01. The first-order valence-electron chi connectivity index (χ1n) is 4.95. The maximum Gasteiger partial charge on any atom is 0.356 e. The molecule has 1 aromatic heterocycles. The van der Waals surface area contributed by atoms with Crippen LogP contribution in [0.4, 0.5) is 14.5 Å². The molecule has 0 unspecified atom stereocenters. The minimum Gasteiger partial charge on any atom is -0.461 e. The number of nitrogen functional groups attached to an aromatic ring is 1. The Balaban J connectivity index is 3.22. The van der Waals surface area contributed by atoms with Gasteiger partial charge in [-0.3, -0.25) is 0 Å². The molecule has 1 aromatic rings. The van der Waals surface area contributed by atoms with Crippen molar-refractivity contribution >= 4 is 11.7 Å². The van der Waals surface area contributed by atoms with E-state index in [-0.39, 0.29) is 30.2 Å². The van der Waals surface area contributed by atoms with Gasteiger partial charge in [0.25, 0.3) is 6.43 Å². The monoisotopic (exact) mass is 245 g/mol. The molecule has 4 N–H and O–H groups in total. The quantitative estimate of drug-likeness (QED) is 0.778. The van der Waals surface area contributed by atoms with E-state index in [1.807, 2.05) is 0 Å². The van der Waals surface area contributed by atoms with Crippen LogP contribution in [0.5, 0.6) is 0 Å². The van der Waals surface area contributed by atoms with Crippen molar-refractivity contribution in [3.05, 3.63) is 23.0 Å². The lowest BCUT2D eigenvalue weighted by Gasteiger charge is -2.11. The van der Waals surface area contributed by atoms with Crippen LogP contribution in [0.2, 0.25) is 0 Å². The van der Waals surface area contributed by atoms with E-state index >= 15 is 0 Å². The van der Waals surface area contributed by atoms with E-state index in [9.17, 15) is 13.6 Å². The summed E-state index contributed by atoms with van der Waals surface area (Å²) in [6.45, 7) is 1.56. The molecule has 0 aromatic carbocycles. The third-order valence-electron chi connectivity index (χ3n) is 2.07. The van der Waals surface area contributed by atoms with E-state index in [1.165, 1.54) is 0 Å². The number of nitrogens with two attached hydrogens (primary N) is 2. The number of nitrogens with zero attached hydrogens (tertiary/aromatic N) is 1. The molecule has 1 rings (SSSR count). The maximum atomic E-state index is 12.7. The van der Waals surface area contributed by atoms with Gasteiger partial charge in [0.2, 0.25) is 0 Å². The lowest BCUT2D eigenvalue weighted by Crippen LogP contribution is -2.14. The summed E-state index contributed by atoms with van der Waals surface area (Å²) in [5, 5.41) is 0. The van der Waals surface area contributed by atoms with Gasteiger partial charge in [-0.25, -0.2) is 18.6 Å². The predicted molar refractivity (Wildman–Crippen MR) is 57.5 cm³/mol. The summed E-state index contributed by atoms with van der Waals surface area (Å²) >= 11 is 0. The van der Waals surface area contributed by atoms with Crippen molar-refractivity contribution in [1.82, 2.24) is 4.98 Å². The Kier molecular flexibility index (Phi) is 4.33. The second-order valence-corrected chi connectivity index (χ2v) is 3.18. The van der Waals surface area contributed by atoms with Gasteiger partial charge < -0.3 is 16.2 Å². The molecule has 0 atom stereocenters. The number of rotatable bonds is 4. The van der Waals surface area contributed by atoms with Crippen LogP contribution in [0, 0.1) is 0 Å². The number of carbonyl (C=O) groups is 1. The Bertz CT molecular complexity index is 424. The van der Waals surface area contributed by atoms with E-state index < -0.39 is 18.0 Å². The van der Waals surface area contributed by atoms with Crippen LogP contribution in [0.3, 0.4) is 0 Å². The first kappa shape index (κ1) is 13.3. The Hall–Kier alpha value is -1.76. The van der Waals surface area contributed by atoms with Gasteiger partial charge in [-0.2, -0.15) is 0 Å². The number of alkyl halides is 2. The van der Waals surface area contributed by atoms with Crippen molar-refractivity contribution in [3.63, 3.8) is 0 Å². The molecule has 0 aliphatic rings. The van der Waals surface area contributed by atoms with E-state index in [2.05, 4.69) is 4.98 Å². The van der Waals surface area contributed by atoms with E-state index in [1.54, 1.807) is 6.92 Å². The number of halogens is 2. The van der Waals surface area contributed by atoms with Crippen molar-refractivity contribution in [2.45, 2.75) is 19.9 Å². The molecule has 0 saturated carbocycles. The van der Waals surface area contributed by atoms with Gasteiger partial charge in [0.1, 0.15) is 0 Å². The number of aromatic nitrogens is 1. The van der Waals surface area contributed by atoms with Crippen LogP contribution >= 0.6 is 0 Å². The summed E-state index contributed by atoms with van der Waals surface area (Å²) in [4.78, 5) is 15.1. The minimum absolute atomic E-state index is 0.0944.